The highest BCUT2D eigenvalue weighted by Crippen LogP contribution is 2.38. The van der Waals surface area contributed by atoms with E-state index in [-0.39, 0.29) is 5.91 Å². The molecule has 1 aliphatic rings. The summed E-state index contributed by atoms with van der Waals surface area (Å²) in [7, 11) is 1.61. The standard InChI is InChI=1S/C15H18N4O2S/c1-10-17-18-15(19(10)12-5-6-12)22-9-14(20)16-11-3-7-13(21-2)8-4-11/h3-4,7-8,12H,5-6,9H2,1-2H3,(H,16,20). The minimum atomic E-state index is -0.0573. The molecule has 1 fully saturated rings. The molecule has 0 saturated heterocycles. The van der Waals surface area contributed by atoms with Crippen molar-refractivity contribution in [2.75, 3.05) is 18.2 Å². The van der Waals surface area contributed by atoms with E-state index in [4.69, 9.17) is 4.74 Å². The number of benzene rings is 1. The summed E-state index contributed by atoms with van der Waals surface area (Å²) in [5.41, 5.74) is 0.756. The number of nitrogens with one attached hydrogen (secondary N) is 1. The van der Waals surface area contributed by atoms with Crippen LogP contribution in [-0.2, 0) is 4.79 Å². The highest BCUT2D eigenvalue weighted by Gasteiger charge is 2.28. The Balaban J connectivity index is 1.56. The third kappa shape index (κ3) is 3.41. The number of carbonyl (C=O) groups excluding carboxylic acids is 1. The topological polar surface area (TPSA) is 69.0 Å². The summed E-state index contributed by atoms with van der Waals surface area (Å²) in [4.78, 5) is 12.0. The van der Waals surface area contributed by atoms with E-state index in [0.29, 0.717) is 11.8 Å². The van der Waals surface area contributed by atoms with Crippen molar-refractivity contribution in [3.05, 3.63) is 30.1 Å². The third-order valence-electron chi connectivity index (χ3n) is 3.45. The van der Waals surface area contributed by atoms with Gasteiger partial charge >= 0.3 is 0 Å². The van der Waals surface area contributed by atoms with E-state index in [1.54, 1.807) is 7.11 Å². The van der Waals surface area contributed by atoms with Crippen LogP contribution in [0.4, 0.5) is 5.69 Å². The van der Waals surface area contributed by atoms with Crippen LogP contribution in [0.5, 0.6) is 5.75 Å². The molecular weight excluding hydrogens is 300 g/mol. The molecular formula is C15H18N4O2S. The zero-order chi connectivity index (χ0) is 15.5. The van der Waals surface area contributed by atoms with Crippen LogP contribution < -0.4 is 10.1 Å². The fraction of sp³-hybridized carbons (Fsp3) is 0.400. The molecule has 0 unspecified atom stereocenters. The average molecular weight is 318 g/mol. The fourth-order valence-corrected chi connectivity index (χ4v) is 3.05. The number of ether oxygens (including phenoxy) is 1. The van der Waals surface area contributed by atoms with Crippen LogP contribution in [0.15, 0.2) is 29.4 Å². The van der Waals surface area contributed by atoms with Gasteiger partial charge in [-0.25, -0.2) is 0 Å². The van der Waals surface area contributed by atoms with E-state index in [0.717, 1.165) is 22.4 Å². The molecule has 1 aliphatic carbocycles. The predicted octanol–water partition coefficient (Wildman–Crippen LogP) is 2.66. The van der Waals surface area contributed by atoms with Crippen LogP contribution in [0, 0.1) is 6.92 Å². The molecule has 0 bridgehead atoms. The largest absolute Gasteiger partial charge is 0.497 e. The van der Waals surface area contributed by atoms with Gasteiger partial charge in [0, 0.05) is 11.7 Å². The molecule has 1 heterocycles. The van der Waals surface area contributed by atoms with E-state index >= 15 is 0 Å². The van der Waals surface area contributed by atoms with Gasteiger partial charge in [0.15, 0.2) is 5.16 Å². The van der Waals surface area contributed by atoms with Gasteiger partial charge in [-0.15, -0.1) is 10.2 Å². The molecule has 1 aromatic carbocycles. The summed E-state index contributed by atoms with van der Waals surface area (Å²) in [6.45, 7) is 1.95. The molecule has 1 N–H and O–H groups in total. The number of hydrogen-bond donors (Lipinski definition) is 1. The summed E-state index contributed by atoms with van der Waals surface area (Å²) >= 11 is 1.42. The molecule has 0 spiro atoms. The first-order chi connectivity index (χ1) is 10.7. The average Bonchev–Trinajstić information content (AvgIpc) is 3.29. The monoisotopic (exact) mass is 318 g/mol. The summed E-state index contributed by atoms with van der Waals surface area (Å²) in [5.74, 6) is 1.94. The maximum atomic E-state index is 12.0. The van der Waals surface area contributed by atoms with E-state index < -0.39 is 0 Å². The molecule has 0 aliphatic heterocycles. The van der Waals surface area contributed by atoms with E-state index in [9.17, 15) is 4.79 Å². The molecule has 1 aromatic heterocycles. The highest BCUT2D eigenvalue weighted by molar-refractivity contribution is 7.99. The zero-order valence-electron chi connectivity index (χ0n) is 12.6. The first-order valence-corrected chi connectivity index (χ1v) is 8.14. The molecule has 1 saturated carbocycles. The van der Waals surface area contributed by atoms with Gasteiger partial charge in [-0.3, -0.25) is 4.79 Å². The van der Waals surface area contributed by atoms with Gasteiger partial charge in [-0.05, 0) is 44.0 Å². The SMILES string of the molecule is COc1ccc(NC(=O)CSc2nnc(C)n2C2CC2)cc1. The Morgan fingerprint density at radius 3 is 2.73 bits per heavy atom. The van der Waals surface area contributed by atoms with Crippen molar-refractivity contribution in [2.24, 2.45) is 0 Å². The summed E-state index contributed by atoms with van der Waals surface area (Å²) < 4.78 is 7.22. The normalized spacial score (nSPS) is 13.9. The third-order valence-corrected chi connectivity index (χ3v) is 4.40. The van der Waals surface area contributed by atoms with Gasteiger partial charge in [-0.1, -0.05) is 11.8 Å². The Hall–Kier alpha value is -2.02. The lowest BCUT2D eigenvalue weighted by molar-refractivity contribution is -0.113. The maximum absolute atomic E-state index is 12.0. The quantitative estimate of drug-likeness (QED) is 0.829. The van der Waals surface area contributed by atoms with E-state index in [1.807, 2.05) is 31.2 Å². The lowest BCUT2D eigenvalue weighted by atomic mass is 10.3. The van der Waals surface area contributed by atoms with Crippen LogP contribution in [0.3, 0.4) is 0 Å². The van der Waals surface area contributed by atoms with Gasteiger partial charge < -0.3 is 14.6 Å². The van der Waals surface area contributed by atoms with Crippen molar-refractivity contribution < 1.29 is 9.53 Å². The summed E-state index contributed by atoms with van der Waals surface area (Å²) in [5, 5.41) is 11.9. The lowest BCUT2D eigenvalue weighted by Crippen LogP contribution is -2.14. The number of nitrogens with zero attached hydrogens (tertiary/aromatic N) is 3. The Morgan fingerprint density at radius 2 is 2.09 bits per heavy atom. The van der Waals surface area contributed by atoms with Crippen LogP contribution in [-0.4, -0.2) is 33.5 Å². The number of aromatic nitrogens is 3. The first kappa shape index (κ1) is 14.9. The summed E-state index contributed by atoms with van der Waals surface area (Å²) in [6.07, 6.45) is 2.34. The first-order valence-electron chi connectivity index (χ1n) is 7.15. The second-order valence-corrected chi connectivity index (χ2v) is 6.14. The summed E-state index contributed by atoms with van der Waals surface area (Å²) in [6, 6.07) is 7.78. The zero-order valence-corrected chi connectivity index (χ0v) is 13.4. The number of anilines is 1. The van der Waals surface area contributed by atoms with Crippen molar-refractivity contribution in [1.29, 1.82) is 0 Å². The smallest absolute Gasteiger partial charge is 0.234 e. The number of amides is 1. The van der Waals surface area contributed by atoms with Gasteiger partial charge in [0.1, 0.15) is 11.6 Å². The van der Waals surface area contributed by atoms with Crippen molar-refractivity contribution >= 4 is 23.4 Å². The van der Waals surface area contributed by atoms with E-state index in [1.165, 1.54) is 24.6 Å². The number of rotatable bonds is 6. The van der Waals surface area contributed by atoms with Crippen molar-refractivity contribution in [3.63, 3.8) is 0 Å². The van der Waals surface area contributed by atoms with Crippen molar-refractivity contribution in [2.45, 2.75) is 31.0 Å². The Labute approximate surface area is 133 Å². The molecule has 116 valence electrons. The minimum absolute atomic E-state index is 0.0573. The predicted molar refractivity (Wildman–Crippen MR) is 85.4 cm³/mol. The van der Waals surface area contributed by atoms with Crippen LogP contribution in [0.25, 0.3) is 0 Å². The van der Waals surface area contributed by atoms with Gasteiger partial charge in [0.2, 0.25) is 5.91 Å². The maximum Gasteiger partial charge on any atom is 0.234 e. The van der Waals surface area contributed by atoms with Crippen LogP contribution in [0.2, 0.25) is 0 Å². The number of thioether (sulfide) groups is 1. The molecule has 0 radical (unpaired) electrons. The molecule has 22 heavy (non-hydrogen) atoms. The second-order valence-electron chi connectivity index (χ2n) is 5.20. The van der Waals surface area contributed by atoms with Crippen LogP contribution in [0.1, 0.15) is 24.7 Å². The van der Waals surface area contributed by atoms with Crippen molar-refractivity contribution in [3.8, 4) is 5.75 Å². The number of aryl methyl sites for hydroxylation is 1. The number of carbonyl (C=O) groups is 1. The molecule has 1 amide bonds. The van der Waals surface area contributed by atoms with Gasteiger partial charge in [0.05, 0.1) is 12.9 Å². The van der Waals surface area contributed by atoms with Gasteiger partial charge in [0.25, 0.3) is 0 Å². The minimum Gasteiger partial charge on any atom is -0.497 e. The molecule has 2 aromatic rings. The fourth-order valence-electron chi connectivity index (χ4n) is 2.20. The number of methoxy groups -OCH3 is 1. The second kappa shape index (κ2) is 6.39. The lowest BCUT2D eigenvalue weighted by Gasteiger charge is -2.07. The van der Waals surface area contributed by atoms with E-state index in [2.05, 4.69) is 20.1 Å². The van der Waals surface area contributed by atoms with Crippen LogP contribution >= 0.6 is 11.8 Å². The number of hydrogen-bond acceptors (Lipinski definition) is 5. The van der Waals surface area contributed by atoms with Gasteiger partial charge in [-0.2, -0.15) is 0 Å². The Kier molecular flexibility index (Phi) is 4.33. The van der Waals surface area contributed by atoms with Crippen molar-refractivity contribution in [1.82, 2.24) is 14.8 Å². The molecule has 7 heteroatoms. The Bertz CT molecular complexity index is 665. The molecule has 0 atom stereocenters. The molecule has 3 rings (SSSR count). The molecule has 6 nitrogen and oxygen atoms in total. The Morgan fingerprint density at radius 1 is 1.36 bits per heavy atom. The highest BCUT2D eigenvalue weighted by atomic mass is 32.2.